The van der Waals surface area contributed by atoms with E-state index < -0.39 is 0 Å². The fourth-order valence-corrected chi connectivity index (χ4v) is 4.59. The second-order valence-corrected chi connectivity index (χ2v) is 9.12. The molecule has 6 nitrogen and oxygen atoms in total. The molecule has 0 N–H and O–H groups in total. The molecule has 31 heavy (non-hydrogen) atoms. The zero-order valence-electron chi connectivity index (χ0n) is 18.0. The molecule has 1 aromatic carbocycles. The Bertz CT molecular complexity index is 1080. The smallest absolute Gasteiger partial charge is 0.228 e. The number of nitrogens with zero attached hydrogens (tertiary/aromatic N) is 5. The van der Waals surface area contributed by atoms with E-state index >= 15 is 0 Å². The molecule has 0 saturated carbocycles. The lowest BCUT2D eigenvalue weighted by atomic mass is 9.89. The SMILES string of the molecule is Cc1nc(CC(=O)N2CCC[C@H](c3nc(N(C)C)ncc3-c3ccccc3F)C2)cs1. The van der Waals surface area contributed by atoms with Crippen molar-refractivity contribution in [2.45, 2.75) is 32.1 Å². The number of rotatable bonds is 5. The van der Waals surface area contributed by atoms with Crippen molar-refractivity contribution in [3.63, 3.8) is 0 Å². The zero-order chi connectivity index (χ0) is 22.0. The van der Waals surface area contributed by atoms with Gasteiger partial charge in [0.1, 0.15) is 5.82 Å². The maximum Gasteiger partial charge on any atom is 0.228 e. The Kier molecular flexibility index (Phi) is 6.27. The van der Waals surface area contributed by atoms with Crippen LogP contribution in [0.3, 0.4) is 0 Å². The van der Waals surface area contributed by atoms with E-state index in [0.29, 0.717) is 30.0 Å². The molecule has 0 bridgehead atoms. The van der Waals surface area contributed by atoms with Crippen LogP contribution in [0.4, 0.5) is 10.3 Å². The molecule has 1 aliphatic heterocycles. The Hall–Kier alpha value is -2.87. The predicted molar refractivity (Wildman–Crippen MR) is 121 cm³/mol. The Morgan fingerprint density at radius 2 is 2.06 bits per heavy atom. The average molecular weight is 440 g/mol. The Balaban J connectivity index is 1.63. The first-order valence-corrected chi connectivity index (χ1v) is 11.3. The minimum Gasteiger partial charge on any atom is -0.347 e. The van der Waals surface area contributed by atoms with Crippen LogP contribution in [0.15, 0.2) is 35.8 Å². The molecule has 0 spiro atoms. The number of halogens is 1. The van der Waals surface area contributed by atoms with E-state index in [2.05, 4.69) is 9.97 Å². The highest BCUT2D eigenvalue weighted by Crippen LogP contribution is 2.35. The summed E-state index contributed by atoms with van der Waals surface area (Å²) >= 11 is 1.56. The normalized spacial score (nSPS) is 16.4. The number of amides is 1. The van der Waals surface area contributed by atoms with Crippen LogP contribution < -0.4 is 4.90 Å². The highest BCUT2D eigenvalue weighted by atomic mass is 32.1. The summed E-state index contributed by atoms with van der Waals surface area (Å²) < 4.78 is 14.6. The van der Waals surface area contributed by atoms with Crippen LogP contribution in [-0.4, -0.2) is 52.9 Å². The van der Waals surface area contributed by atoms with Gasteiger partial charge in [-0.15, -0.1) is 11.3 Å². The lowest BCUT2D eigenvalue weighted by molar-refractivity contribution is -0.131. The summed E-state index contributed by atoms with van der Waals surface area (Å²) in [7, 11) is 3.77. The first-order valence-electron chi connectivity index (χ1n) is 10.4. The number of piperidine rings is 1. The van der Waals surface area contributed by atoms with Gasteiger partial charge in [-0.3, -0.25) is 4.79 Å². The summed E-state index contributed by atoms with van der Waals surface area (Å²) in [6.07, 6.45) is 3.79. The number of thiazole rings is 1. The minimum atomic E-state index is -0.299. The van der Waals surface area contributed by atoms with E-state index in [1.165, 1.54) is 6.07 Å². The number of aryl methyl sites for hydroxylation is 1. The molecule has 1 amide bonds. The molecule has 0 radical (unpaired) electrons. The summed E-state index contributed by atoms with van der Waals surface area (Å²) in [6.45, 7) is 3.23. The Labute approximate surface area is 185 Å². The lowest BCUT2D eigenvalue weighted by Crippen LogP contribution is -2.40. The number of benzene rings is 1. The molecule has 0 aliphatic carbocycles. The Morgan fingerprint density at radius 3 is 2.77 bits per heavy atom. The summed E-state index contributed by atoms with van der Waals surface area (Å²) in [5.41, 5.74) is 2.80. The van der Waals surface area contributed by atoms with Gasteiger partial charge in [0.25, 0.3) is 0 Å². The third-order valence-corrected chi connectivity index (χ3v) is 6.35. The van der Waals surface area contributed by atoms with Gasteiger partial charge in [-0.2, -0.15) is 0 Å². The highest BCUT2D eigenvalue weighted by Gasteiger charge is 2.29. The molecule has 0 unspecified atom stereocenters. The van der Waals surface area contributed by atoms with Gasteiger partial charge in [-0.1, -0.05) is 18.2 Å². The summed E-state index contributed by atoms with van der Waals surface area (Å²) in [6, 6.07) is 6.69. The molecule has 8 heteroatoms. The van der Waals surface area contributed by atoms with Gasteiger partial charge < -0.3 is 9.80 Å². The van der Waals surface area contributed by atoms with Gasteiger partial charge in [0.15, 0.2) is 0 Å². The number of anilines is 1. The number of hydrogen-bond donors (Lipinski definition) is 0. The minimum absolute atomic E-state index is 0.0196. The Morgan fingerprint density at radius 1 is 1.26 bits per heavy atom. The number of carbonyl (C=O) groups is 1. The molecular weight excluding hydrogens is 413 g/mol. The van der Waals surface area contributed by atoms with E-state index in [-0.39, 0.29) is 17.6 Å². The van der Waals surface area contributed by atoms with Crippen molar-refractivity contribution in [2.24, 2.45) is 0 Å². The molecule has 1 atom stereocenters. The zero-order valence-corrected chi connectivity index (χ0v) is 18.8. The summed E-state index contributed by atoms with van der Waals surface area (Å²) in [5.74, 6) is 0.375. The topological polar surface area (TPSA) is 62.2 Å². The van der Waals surface area contributed by atoms with E-state index in [9.17, 15) is 9.18 Å². The maximum atomic E-state index is 14.6. The molecule has 3 aromatic rings. The molecule has 162 valence electrons. The predicted octanol–water partition coefficient (Wildman–Crippen LogP) is 4.06. The van der Waals surface area contributed by atoms with Crippen molar-refractivity contribution in [3.05, 3.63) is 58.1 Å². The first-order chi connectivity index (χ1) is 14.9. The highest BCUT2D eigenvalue weighted by molar-refractivity contribution is 7.09. The van der Waals surface area contributed by atoms with Gasteiger partial charge in [0.05, 0.1) is 22.8 Å². The average Bonchev–Trinajstić information content (AvgIpc) is 3.18. The number of aromatic nitrogens is 3. The van der Waals surface area contributed by atoms with Crippen molar-refractivity contribution in [3.8, 4) is 11.1 Å². The third-order valence-electron chi connectivity index (χ3n) is 5.53. The van der Waals surface area contributed by atoms with Crippen molar-refractivity contribution in [1.82, 2.24) is 19.9 Å². The van der Waals surface area contributed by atoms with Crippen molar-refractivity contribution in [1.29, 1.82) is 0 Å². The molecule has 1 saturated heterocycles. The molecule has 1 aliphatic rings. The third kappa shape index (κ3) is 4.74. The van der Waals surface area contributed by atoms with Crippen LogP contribution in [0.25, 0.3) is 11.1 Å². The molecule has 4 rings (SSSR count). The van der Waals surface area contributed by atoms with E-state index in [1.54, 1.807) is 29.7 Å². The van der Waals surface area contributed by atoms with Crippen LogP contribution in [-0.2, 0) is 11.2 Å². The number of carbonyl (C=O) groups excluding carboxylic acids is 1. The van der Waals surface area contributed by atoms with Crippen LogP contribution in [0.5, 0.6) is 0 Å². The van der Waals surface area contributed by atoms with Gasteiger partial charge in [-0.25, -0.2) is 19.3 Å². The van der Waals surface area contributed by atoms with E-state index in [4.69, 9.17) is 4.98 Å². The van der Waals surface area contributed by atoms with Crippen LogP contribution in [0.1, 0.15) is 35.2 Å². The quantitative estimate of drug-likeness (QED) is 0.600. The fourth-order valence-electron chi connectivity index (χ4n) is 3.98. The van der Waals surface area contributed by atoms with Crippen LogP contribution in [0, 0.1) is 12.7 Å². The second kappa shape index (κ2) is 9.09. The molecule has 2 aromatic heterocycles. The van der Waals surface area contributed by atoms with Gasteiger partial charge in [0.2, 0.25) is 11.9 Å². The van der Waals surface area contributed by atoms with E-state index in [1.807, 2.05) is 42.3 Å². The monoisotopic (exact) mass is 439 g/mol. The van der Waals surface area contributed by atoms with E-state index in [0.717, 1.165) is 35.8 Å². The van der Waals surface area contributed by atoms with Crippen molar-refractivity contribution < 1.29 is 9.18 Å². The largest absolute Gasteiger partial charge is 0.347 e. The van der Waals surface area contributed by atoms with Gasteiger partial charge in [-0.05, 0) is 25.8 Å². The first kappa shape index (κ1) is 21.4. The van der Waals surface area contributed by atoms with Crippen molar-refractivity contribution >= 4 is 23.2 Å². The molecule has 3 heterocycles. The van der Waals surface area contributed by atoms with Crippen LogP contribution in [0.2, 0.25) is 0 Å². The molecule has 1 fully saturated rings. The van der Waals surface area contributed by atoms with Gasteiger partial charge in [0, 0.05) is 55.8 Å². The lowest BCUT2D eigenvalue weighted by Gasteiger charge is -2.33. The van der Waals surface area contributed by atoms with Crippen LogP contribution >= 0.6 is 11.3 Å². The number of likely N-dealkylation sites (tertiary alicyclic amines) is 1. The molecular formula is C23H26FN5OS. The van der Waals surface area contributed by atoms with Crippen molar-refractivity contribution in [2.75, 3.05) is 32.1 Å². The summed E-state index contributed by atoms with van der Waals surface area (Å²) in [5, 5.41) is 2.91. The fraction of sp³-hybridized carbons (Fsp3) is 0.391. The standard InChI is InChI=1S/C23H26FN5OS/c1-15-26-17(14-31-15)11-21(30)29-10-6-7-16(13-29)22-19(12-25-23(27-22)28(2)3)18-8-4-5-9-20(18)24/h4-5,8-9,12,14,16H,6-7,10-11,13H2,1-3H3/t16-/m0/s1. The van der Waals surface area contributed by atoms with Gasteiger partial charge >= 0.3 is 0 Å². The summed E-state index contributed by atoms with van der Waals surface area (Å²) in [4.78, 5) is 30.3. The second-order valence-electron chi connectivity index (χ2n) is 8.06. The maximum absolute atomic E-state index is 14.6. The number of hydrogen-bond acceptors (Lipinski definition) is 6.